The Morgan fingerprint density at radius 3 is 2.58 bits per heavy atom. The molecule has 1 heterocycles. The molecular formula is C16H19NO2. The first-order valence-electron chi connectivity index (χ1n) is 6.44. The van der Waals surface area contributed by atoms with Gasteiger partial charge < -0.3 is 9.84 Å². The first-order valence-corrected chi connectivity index (χ1v) is 6.44. The van der Waals surface area contributed by atoms with E-state index in [-0.39, 0.29) is 6.61 Å². The van der Waals surface area contributed by atoms with Gasteiger partial charge in [0.2, 0.25) is 5.88 Å². The number of pyridine rings is 1. The fourth-order valence-electron chi connectivity index (χ4n) is 1.88. The van der Waals surface area contributed by atoms with Crippen molar-refractivity contribution in [2.24, 2.45) is 0 Å². The quantitative estimate of drug-likeness (QED) is 0.906. The van der Waals surface area contributed by atoms with Crippen LogP contribution in [0.15, 0.2) is 36.5 Å². The van der Waals surface area contributed by atoms with Crippen LogP contribution in [0.4, 0.5) is 0 Å². The molecule has 0 fully saturated rings. The van der Waals surface area contributed by atoms with Crippen LogP contribution in [0.2, 0.25) is 0 Å². The molecule has 1 N–H and O–H groups in total. The van der Waals surface area contributed by atoms with Gasteiger partial charge in [0.05, 0.1) is 6.61 Å². The lowest BCUT2D eigenvalue weighted by Crippen LogP contribution is -1.96. The van der Waals surface area contributed by atoms with E-state index < -0.39 is 0 Å². The smallest absolute Gasteiger partial charge is 0.219 e. The van der Waals surface area contributed by atoms with Gasteiger partial charge in [0.15, 0.2) is 0 Å². The summed E-state index contributed by atoms with van der Waals surface area (Å²) in [7, 11) is 0. The van der Waals surface area contributed by atoms with Crippen LogP contribution in [-0.2, 0) is 6.61 Å². The van der Waals surface area contributed by atoms with E-state index in [2.05, 4.69) is 31.0 Å². The van der Waals surface area contributed by atoms with E-state index in [0.29, 0.717) is 11.8 Å². The van der Waals surface area contributed by atoms with Crippen LogP contribution in [-0.4, -0.2) is 10.1 Å². The van der Waals surface area contributed by atoms with Gasteiger partial charge in [-0.25, -0.2) is 4.98 Å². The molecule has 0 aliphatic heterocycles. The van der Waals surface area contributed by atoms with Crippen LogP contribution < -0.4 is 4.74 Å². The van der Waals surface area contributed by atoms with Crippen molar-refractivity contribution in [1.29, 1.82) is 0 Å². The number of hydrogen-bond donors (Lipinski definition) is 1. The molecule has 3 nitrogen and oxygen atoms in total. The summed E-state index contributed by atoms with van der Waals surface area (Å²) < 4.78 is 5.86. The summed E-state index contributed by atoms with van der Waals surface area (Å²) in [5.74, 6) is 1.79. The molecular weight excluding hydrogens is 238 g/mol. The first kappa shape index (κ1) is 13.6. The zero-order chi connectivity index (χ0) is 13.8. The van der Waals surface area contributed by atoms with Crippen molar-refractivity contribution >= 4 is 0 Å². The highest BCUT2D eigenvalue weighted by Gasteiger charge is 2.09. The molecule has 1 aromatic heterocycles. The molecule has 0 spiro atoms. The van der Waals surface area contributed by atoms with Gasteiger partial charge >= 0.3 is 0 Å². The molecule has 0 saturated carbocycles. The number of aliphatic hydroxyl groups excluding tert-OH is 1. The highest BCUT2D eigenvalue weighted by atomic mass is 16.5. The van der Waals surface area contributed by atoms with E-state index in [9.17, 15) is 0 Å². The average Bonchev–Trinajstić information content (AvgIpc) is 2.39. The largest absolute Gasteiger partial charge is 0.439 e. The standard InChI is InChI=1S/C16H19NO2/c1-11(2)14-6-4-12(3)8-15(14)19-16-7-5-13(10-18)9-17-16/h4-9,11,18H,10H2,1-3H3. The Bertz CT molecular complexity index is 547. The lowest BCUT2D eigenvalue weighted by Gasteiger charge is -2.14. The molecule has 100 valence electrons. The average molecular weight is 257 g/mol. The summed E-state index contributed by atoms with van der Waals surface area (Å²) in [5.41, 5.74) is 3.10. The van der Waals surface area contributed by atoms with Crippen molar-refractivity contribution < 1.29 is 9.84 Å². The Labute approximate surface area is 113 Å². The zero-order valence-corrected chi connectivity index (χ0v) is 11.6. The second-order valence-corrected chi connectivity index (χ2v) is 4.96. The van der Waals surface area contributed by atoms with Crippen LogP contribution in [0.1, 0.15) is 36.5 Å². The minimum atomic E-state index is -0.00499. The molecule has 0 bridgehead atoms. The number of rotatable bonds is 4. The molecule has 0 aliphatic rings. The van der Waals surface area contributed by atoms with E-state index >= 15 is 0 Å². The summed E-state index contributed by atoms with van der Waals surface area (Å²) in [6.07, 6.45) is 1.63. The third-order valence-electron chi connectivity index (χ3n) is 2.99. The van der Waals surface area contributed by atoms with E-state index in [1.54, 1.807) is 12.3 Å². The molecule has 0 saturated heterocycles. The van der Waals surface area contributed by atoms with Crippen molar-refractivity contribution in [3.63, 3.8) is 0 Å². The van der Waals surface area contributed by atoms with Gasteiger partial charge in [-0.1, -0.05) is 26.0 Å². The lowest BCUT2D eigenvalue weighted by atomic mass is 10.0. The van der Waals surface area contributed by atoms with Crippen LogP contribution >= 0.6 is 0 Å². The molecule has 0 atom stereocenters. The van der Waals surface area contributed by atoms with Crippen LogP contribution in [0, 0.1) is 6.92 Å². The summed E-state index contributed by atoms with van der Waals surface area (Å²) in [6.45, 7) is 6.31. The van der Waals surface area contributed by atoms with Crippen molar-refractivity contribution in [3.05, 3.63) is 53.2 Å². The predicted molar refractivity (Wildman–Crippen MR) is 75.5 cm³/mol. The Morgan fingerprint density at radius 1 is 1.21 bits per heavy atom. The lowest BCUT2D eigenvalue weighted by molar-refractivity contribution is 0.281. The number of nitrogens with zero attached hydrogens (tertiary/aromatic N) is 1. The fourth-order valence-corrected chi connectivity index (χ4v) is 1.88. The minimum absolute atomic E-state index is 0.00499. The SMILES string of the molecule is Cc1ccc(C(C)C)c(Oc2ccc(CO)cn2)c1. The Kier molecular flexibility index (Phi) is 4.17. The summed E-state index contributed by atoms with van der Waals surface area (Å²) in [5, 5.41) is 8.99. The van der Waals surface area contributed by atoms with Crippen molar-refractivity contribution in [2.45, 2.75) is 33.3 Å². The van der Waals surface area contributed by atoms with Gasteiger partial charge in [-0.15, -0.1) is 0 Å². The van der Waals surface area contributed by atoms with E-state index in [1.807, 2.05) is 19.1 Å². The minimum Gasteiger partial charge on any atom is -0.439 e. The zero-order valence-electron chi connectivity index (χ0n) is 11.6. The molecule has 0 unspecified atom stereocenters. The Morgan fingerprint density at radius 2 is 2.00 bits per heavy atom. The molecule has 0 radical (unpaired) electrons. The van der Waals surface area contributed by atoms with Crippen molar-refractivity contribution in [1.82, 2.24) is 4.98 Å². The molecule has 0 amide bonds. The molecule has 1 aromatic carbocycles. The molecule has 2 rings (SSSR count). The number of hydrogen-bond acceptors (Lipinski definition) is 3. The topological polar surface area (TPSA) is 42.4 Å². The third-order valence-corrected chi connectivity index (χ3v) is 2.99. The highest BCUT2D eigenvalue weighted by Crippen LogP contribution is 2.30. The number of aryl methyl sites for hydroxylation is 1. The molecule has 0 aliphatic carbocycles. The van der Waals surface area contributed by atoms with Gasteiger partial charge in [0, 0.05) is 12.3 Å². The number of aliphatic hydroxyl groups is 1. The maximum atomic E-state index is 8.99. The maximum Gasteiger partial charge on any atom is 0.219 e. The number of ether oxygens (including phenoxy) is 1. The van der Waals surface area contributed by atoms with Crippen molar-refractivity contribution in [3.8, 4) is 11.6 Å². The molecule has 19 heavy (non-hydrogen) atoms. The Hall–Kier alpha value is -1.87. The molecule has 3 heteroatoms. The third kappa shape index (κ3) is 3.32. The second-order valence-electron chi connectivity index (χ2n) is 4.96. The van der Waals surface area contributed by atoms with E-state index in [4.69, 9.17) is 9.84 Å². The fraction of sp³-hybridized carbons (Fsp3) is 0.312. The highest BCUT2D eigenvalue weighted by molar-refractivity contribution is 5.41. The van der Waals surface area contributed by atoms with Gasteiger partial charge in [-0.2, -0.15) is 0 Å². The molecule has 2 aromatic rings. The van der Waals surface area contributed by atoms with Crippen LogP contribution in [0.5, 0.6) is 11.6 Å². The summed E-state index contributed by atoms with van der Waals surface area (Å²) in [6, 6.07) is 9.80. The van der Waals surface area contributed by atoms with Crippen LogP contribution in [0.3, 0.4) is 0 Å². The van der Waals surface area contributed by atoms with Crippen LogP contribution in [0.25, 0.3) is 0 Å². The van der Waals surface area contributed by atoms with Gasteiger partial charge in [-0.05, 0) is 41.7 Å². The van der Waals surface area contributed by atoms with E-state index in [0.717, 1.165) is 16.9 Å². The first-order chi connectivity index (χ1) is 9.10. The maximum absolute atomic E-state index is 8.99. The van der Waals surface area contributed by atoms with E-state index in [1.165, 1.54) is 5.56 Å². The summed E-state index contributed by atoms with van der Waals surface area (Å²) >= 11 is 0. The van der Waals surface area contributed by atoms with Gasteiger partial charge in [0.25, 0.3) is 0 Å². The normalized spacial score (nSPS) is 10.8. The summed E-state index contributed by atoms with van der Waals surface area (Å²) in [4.78, 5) is 4.19. The monoisotopic (exact) mass is 257 g/mol. The van der Waals surface area contributed by atoms with Crippen molar-refractivity contribution in [2.75, 3.05) is 0 Å². The Balaban J connectivity index is 2.28. The predicted octanol–water partition coefficient (Wildman–Crippen LogP) is 3.80. The van der Waals surface area contributed by atoms with Gasteiger partial charge in [0.1, 0.15) is 5.75 Å². The number of benzene rings is 1. The van der Waals surface area contributed by atoms with Gasteiger partial charge in [-0.3, -0.25) is 0 Å². The second kappa shape index (κ2) is 5.85. The number of aromatic nitrogens is 1.